The van der Waals surface area contributed by atoms with Crippen molar-refractivity contribution in [1.29, 1.82) is 0 Å². The quantitative estimate of drug-likeness (QED) is 0.496. The van der Waals surface area contributed by atoms with E-state index in [0.717, 1.165) is 28.0 Å². The van der Waals surface area contributed by atoms with Crippen molar-refractivity contribution in [2.24, 2.45) is 0 Å². The lowest BCUT2D eigenvalue weighted by molar-refractivity contribution is -0.145. The summed E-state index contributed by atoms with van der Waals surface area (Å²) in [4.78, 5) is 51.2. The summed E-state index contributed by atoms with van der Waals surface area (Å²) in [5.41, 5.74) is 0.877. The van der Waals surface area contributed by atoms with Gasteiger partial charge in [0.15, 0.2) is 0 Å². The summed E-state index contributed by atoms with van der Waals surface area (Å²) in [7, 11) is 0. The second-order valence-corrected chi connectivity index (χ2v) is 8.19. The first-order valence-corrected chi connectivity index (χ1v) is 10.2. The number of benzene rings is 1. The van der Waals surface area contributed by atoms with Crippen LogP contribution in [0, 0.1) is 0 Å². The van der Waals surface area contributed by atoms with Gasteiger partial charge in [-0.05, 0) is 12.5 Å². The van der Waals surface area contributed by atoms with Crippen LogP contribution in [0.2, 0.25) is 0 Å². The summed E-state index contributed by atoms with van der Waals surface area (Å²) in [6.45, 7) is 1.37. The molecular formula is C19H18N2O6S2. The Morgan fingerprint density at radius 3 is 2.48 bits per heavy atom. The molecule has 1 fully saturated rings. The minimum atomic E-state index is -1.19. The van der Waals surface area contributed by atoms with E-state index in [1.807, 2.05) is 6.92 Å². The molecule has 10 heteroatoms. The highest BCUT2D eigenvalue weighted by molar-refractivity contribution is 8.26. The predicted octanol–water partition coefficient (Wildman–Crippen LogP) is 2.33. The van der Waals surface area contributed by atoms with Gasteiger partial charge in [0.2, 0.25) is 0 Å². The number of hydrogen-bond acceptors (Lipinski definition) is 6. The van der Waals surface area contributed by atoms with E-state index in [4.69, 9.17) is 17.3 Å². The number of carbonyl (C=O) groups excluding carboxylic acids is 2. The van der Waals surface area contributed by atoms with Gasteiger partial charge in [0, 0.05) is 5.56 Å². The number of thiocarbonyl (C=S) groups is 1. The SMILES string of the molecule is CCCC[C@@H](C(=O)O)N1C(=O)/C(=C2/C(=O)N(CC(=O)O)c3ccccc32)SC1=S. The number of thioether (sulfide) groups is 1. The van der Waals surface area contributed by atoms with Crippen molar-refractivity contribution < 1.29 is 29.4 Å². The fourth-order valence-electron chi connectivity index (χ4n) is 3.35. The Hall–Kier alpha value is -2.72. The maximum absolute atomic E-state index is 13.1. The lowest BCUT2D eigenvalue weighted by Crippen LogP contribution is -2.44. The largest absolute Gasteiger partial charge is 0.480 e. The maximum atomic E-state index is 13.1. The van der Waals surface area contributed by atoms with Gasteiger partial charge in [0.25, 0.3) is 11.8 Å². The van der Waals surface area contributed by atoms with E-state index in [-0.39, 0.29) is 21.2 Å². The van der Waals surface area contributed by atoms with E-state index in [1.54, 1.807) is 24.3 Å². The second-order valence-electron chi connectivity index (χ2n) is 6.55. The lowest BCUT2D eigenvalue weighted by Gasteiger charge is -2.22. The Morgan fingerprint density at radius 1 is 1.17 bits per heavy atom. The molecule has 0 saturated carbocycles. The normalized spacial score (nSPS) is 19.7. The molecule has 0 aliphatic carbocycles. The van der Waals surface area contributed by atoms with Crippen molar-refractivity contribution in [3.8, 4) is 0 Å². The number of para-hydroxylation sites is 1. The number of fused-ring (bicyclic) bond motifs is 1. The van der Waals surface area contributed by atoms with E-state index in [2.05, 4.69) is 0 Å². The van der Waals surface area contributed by atoms with E-state index >= 15 is 0 Å². The van der Waals surface area contributed by atoms with Crippen LogP contribution in [0.1, 0.15) is 31.7 Å². The van der Waals surface area contributed by atoms with Gasteiger partial charge in [-0.3, -0.25) is 24.2 Å². The summed E-state index contributed by atoms with van der Waals surface area (Å²) < 4.78 is 0.0722. The standard InChI is InChI=1S/C19H18N2O6S2/c1-2-3-7-12(18(26)27)21-17(25)15(29-19(21)28)14-10-6-4-5-8-11(10)20(16(14)24)9-13(22)23/h4-6,8,12H,2-3,7,9H2,1H3,(H,22,23)(H,26,27)/b15-14-/t12-/m0/s1. The molecule has 0 spiro atoms. The predicted molar refractivity (Wildman–Crippen MR) is 111 cm³/mol. The number of rotatable bonds is 7. The molecule has 2 aliphatic heterocycles. The number of amides is 2. The van der Waals surface area contributed by atoms with Crippen molar-refractivity contribution in [2.75, 3.05) is 11.4 Å². The molecule has 1 aromatic carbocycles. The van der Waals surface area contributed by atoms with Gasteiger partial charge < -0.3 is 10.2 Å². The summed E-state index contributed by atoms with van der Waals surface area (Å²) in [6.07, 6.45) is 1.61. The van der Waals surface area contributed by atoms with Crippen LogP contribution in [0.4, 0.5) is 5.69 Å². The van der Waals surface area contributed by atoms with Gasteiger partial charge in [-0.1, -0.05) is 61.9 Å². The van der Waals surface area contributed by atoms with Crippen LogP contribution >= 0.6 is 24.0 Å². The van der Waals surface area contributed by atoms with Crippen LogP contribution in [0.3, 0.4) is 0 Å². The molecule has 2 amide bonds. The molecule has 0 unspecified atom stereocenters. The molecule has 0 bridgehead atoms. The van der Waals surface area contributed by atoms with Gasteiger partial charge in [-0.2, -0.15) is 0 Å². The van der Waals surface area contributed by atoms with Crippen LogP contribution in [0.15, 0.2) is 29.2 Å². The summed E-state index contributed by atoms with van der Waals surface area (Å²) >= 11 is 6.14. The highest BCUT2D eigenvalue weighted by Crippen LogP contribution is 2.45. The average Bonchev–Trinajstić information content (AvgIpc) is 3.09. The van der Waals surface area contributed by atoms with Gasteiger partial charge >= 0.3 is 11.9 Å². The van der Waals surface area contributed by atoms with Crippen LogP contribution in [-0.2, 0) is 19.2 Å². The third-order valence-electron chi connectivity index (χ3n) is 4.67. The molecule has 3 rings (SSSR count). The molecule has 2 N–H and O–H groups in total. The van der Waals surface area contributed by atoms with Crippen molar-refractivity contribution in [2.45, 2.75) is 32.2 Å². The maximum Gasteiger partial charge on any atom is 0.326 e. The average molecular weight is 434 g/mol. The van der Waals surface area contributed by atoms with E-state index in [1.165, 1.54) is 0 Å². The van der Waals surface area contributed by atoms with Crippen molar-refractivity contribution in [3.63, 3.8) is 0 Å². The number of carboxylic acids is 2. The Bertz CT molecular complexity index is 958. The van der Waals surface area contributed by atoms with Crippen LogP contribution in [-0.4, -0.2) is 55.8 Å². The molecule has 1 atom stereocenters. The molecular weight excluding hydrogens is 416 g/mol. The smallest absolute Gasteiger partial charge is 0.326 e. The Balaban J connectivity index is 2.06. The first-order chi connectivity index (χ1) is 13.8. The van der Waals surface area contributed by atoms with E-state index < -0.39 is 36.3 Å². The minimum absolute atomic E-state index is 0.0306. The minimum Gasteiger partial charge on any atom is -0.480 e. The van der Waals surface area contributed by atoms with E-state index in [9.17, 15) is 24.3 Å². The van der Waals surface area contributed by atoms with Crippen LogP contribution < -0.4 is 4.90 Å². The molecule has 0 radical (unpaired) electrons. The molecule has 152 valence electrons. The Morgan fingerprint density at radius 2 is 1.86 bits per heavy atom. The van der Waals surface area contributed by atoms with E-state index in [0.29, 0.717) is 17.7 Å². The van der Waals surface area contributed by atoms with Gasteiger partial charge in [0.05, 0.1) is 16.2 Å². The fourth-order valence-corrected chi connectivity index (χ4v) is 4.78. The number of hydrogen-bond donors (Lipinski definition) is 2. The number of aliphatic carboxylic acids is 2. The zero-order valence-corrected chi connectivity index (χ0v) is 17.1. The van der Waals surface area contributed by atoms with Crippen LogP contribution in [0.5, 0.6) is 0 Å². The third-order valence-corrected chi connectivity index (χ3v) is 6.07. The summed E-state index contributed by atoms with van der Waals surface area (Å²) in [5.74, 6) is -3.60. The molecule has 2 heterocycles. The van der Waals surface area contributed by atoms with Crippen LogP contribution in [0.25, 0.3) is 5.57 Å². The number of unbranched alkanes of at least 4 members (excludes halogenated alkanes) is 1. The summed E-state index contributed by atoms with van der Waals surface area (Å²) in [6, 6.07) is 5.47. The van der Waals surface area contributed by atoms with Gasteiger partial charge in [-0.25, -0.2) is 4.79 Å². The van der Waals surface area contributed by atoms with Crippen molar-refractivity contribution >= 4 is 63.3 Å². The topological polar surface area (TPSA) is 115 Å². The highest BCUT2D eigenvalue weighted by atomic mass is 32.2. The Labute approximate surface area is 176 Å². The monoisotopic (exact) mass is 434 g/mol. The summed E-state index contributed by atoms with van der Waals surface area (Å²) in [5, 5.41) is 18.7. The first kappa shape index (κ1) is 21.0. The number of carbonyl (C=O) groups is 4. The molecule has 0 aromatic heterocycles. The van der Waals surface area contributed by atoms with Crippen molar-refractivity contribution in [1.82, 2.24) is 4.90 Å². The van der Waals surface area contributed by atoms with Gasteiger partial charge in [-0.15, -0.1) is 0 Å². The lowest BCUT2D eigenvalue weighted by atomic mass is 10.1. The molecule has 1 saturated heterocycles. The third kappa shape index (κ3) is 3.77. The molecule has 1 aromatic rings. The Kier molecular flexibility index (Phi) is 6.04. The number of carboxylic acid groups (broad SMARTS) is 2. The first-order valence-electron chi connectivity index (χ1n) is 8.93. The second kappa shape index (κ2) is 8.34. The number of nitrogens with zero attached hydrogens (tertiary/aromatic N) is 2. The fraction of sp³-hybridized carbons (Fsp3) is 0.316. The van der Waals surface area contributed by atoms with Gasteiger partial charge in [0.1, 0.15) is 16.9 Å². The highest BCUT2D eigenvalue weighted by Gasteiger charge is 2.45. The molecule has 29 heavy (non-hydrogen) atoms. The molecule has 8 nitrogen and oxygen atoms in total. The zero-order chi connectivity index (χ0) is 21.3. The van der Waals surface area contributed by atoms with Crippen molar-refractivity contribution in [3.05, 3.63) is 34.7 Å². The zero-order valence-electron chi connectivity index (χ0n) is 15.5. The molecule has 2 aliphatic rings. The number of anilines is 1.